The number of amides is 1. The molecule has 1 N–H and O–H groups in total. The predicted octanol–water partition coefficient (Wildman–Crippen LogP) is 4.30. The van der Waals surface area contributed by atoms with Crippen LogP contribution in [0.3, 0.4) is 0 Å². The molecule has 0 unspecified atom stereocenters. The molecule has 4 rings (SSSR count). The average Bonchev–Trinajstić information content (AvgIpc) is 3.14. The van der Waals surface area contributed by atoms with E-state index in [2.05, 4.69) is 34.6 Å². The highest BCUT2D eigenvalue weighted by atomic mass is 35.5. The minimum atomic E-state index is -0.108. The number of nitrogens with zero attached hydrogens (tertiary/aromatic N) is 2. The largest absolute Gasteiger partial charge is 0.352 e. The Morgan fingerprint density at radius 2 is 2.16 bits per heavy atom. The van der Waals surface area contributed by atoms with Crippen molar-refractivity contribution in [2.45, 2.75) is 24.7 Å². The van der Waals surface area contributed by atoms with Crippen LogP contribution in [-0.4, -0.2) is 21.8 Å². The van der Waals surface area contributed by atoms with Crippen molar-refractivity contribution in [1.82, 2.24) is 14.7 Å². The molecule has 0 aliphatic heterocycles. The minimum absolute atomic E-state index is 0.0830. The number of aromatic nitrogens is 2. The molecule has 25 heavy (non-hydrogen) atoms. The number of benzene rings is 1. The normalized spacial score (nSPS) is 16.2. The number of halogens is 1. The van der Waals surface area contributed by atoms with Crippen LogP contribution < -0.4 is 5.32 Å². The van der Waals surface area contributed by atoms with E-state index in [9.17, 15) is 4.79 Å². The molecule has 0 radical (unpaired) electrons. The lowest BCUT2D eigenvalue weighted by Gasteiger charge is -2.42. The Hall–Kier alpha value is -2.11. The van der Waals surface area contributed by atoms with Gasteiger partial charge in [-0.05, 0) is 24.5 Å². The van der Waals surface area contributed by atoms with E-state index in [1.54, 1.807) is 6.08 Å². The first-order valence-corrected chi connectivity index (χ1v) is 9.56. The summed E-state index contributed by atoms with van der Waals surface area (Å²) in [6.07, 6.45) is 8.60. The van der Waals surface area contributed by atoms with Crippen molar-refractivity contribution in [2.75, 3.05) is 6.54 Å². The number of fused-ring (bicyclic) bond motifs is 1. The summed E-state index contributed by atoms with van der Waals surface area (Å²) < 4.78 is 1.88. The molecular weight excluding hydrogens is 354 g/mol. The maximum Gasteiger partial charge on any atom is 0.244 e. The van der Waals surface area contributed by atoms with E-state index >= 15 is 0 Å². The molecule has 1 saturated carbocycles. The number of carbonyl (C=O) groups excluding carboxylic acids is 1. The maximum atomic E-state index is 12.3. The van der Waals surface area contributed by atoms with Gasteiger partial charge in [-0.3, -0.25) is 9.20 Å². The van der Waals surface area contributed by atoms with Crippen molar-refractivity contribution < 1.29 is 4.79 Å². The lowest BCUT2D eigenvalue weighted by molar-refractivity contribution is -0.116. The second kappa shape index (κ2) is 6.65. The zero-order valence-electron chi connectivity index (χ0n) is 13.6. The Bertz CT molecular complexity index is 925. The minimum Gasteiger partial charge on any atom is -0.352 e. The van der Waals surface area contributed by atoms with Gasteiger partial charge in [0.2, 0.25) is 5.91 Å². The van der Waals surface area contributed by atoms with Gasteiger partial charge in [-0.1, -0.05) is 48.4 Å². The summed E-state index contributed by atoms with van der Waals surface area (Å²) in [5.41, 5.74) is 2.12. The maximum absolute atomic E-state index is 12.3. The molecule has 0 atom stereocenters. The Labute approximate surface area is 155 Å². The van der Waals surface area contributed by atoms with Gasteiger partial charge in [0.15, 0.2) is 10.1 Å². The van der Waals surface area contributed by atoms with Gasteiger partial charge in [-0.2, -0.15) is 0 Å². The second-order valence-electron chi connectivity index (χ2n) is 6.39. The highest BCUT2D eigenvalue weighted by Crippen LogP contribution is 2.43. The summed E-state index contributed by atoms with van der Waals surface area (Å²) in [5.74, 6) is -0.108. The van der Waals surface area contributed by atoms with Crippen LogP contribution in [-0.2, 0) is 10.2 Å². The Balaban J connectivity index is 1.44. The van der Waals surface area contributed by atoms with Crippen molar-refractivity contribution in [3.8, 4) is 0 Å². The van der Waals surface area contributed by atoms with E-state index in [1.165, 1.54) is 29.4 Å². The topological polar surface area (TPSA) is 46.4 Å². The molecule has 4 nitrogen and oxygen atoms in total. The zero-order chi connectivity index (χ0) is 17.3. The molecule has 128 valence electrons. The molecule has 3 aromatic rings. The molecule has 1 fully saturated rings. The van der Waals surface area contributed by atoms with Crippen LogP contribution in [0.4, 0.5) is 0 Å². The molecule has 0 saturated heterocycles. The summed E-state index contributed by atoms with van der Waals surface area (Å²) in [5, 5.41) is 5.41. The SMILES string of the molecule is O=C(/C=C/c1c(Cl)nc2sccn12)NCC1(c2ccccc2)CCC1. The Morgan fingerprint density at radius 3 is 2.88 bits per heavy atom. The number of carbonyl (C=O) groups is 1. The lowest BCUT2D eigenvalue weighted by atomic mass is 9.64. The third-order valence-electron chi connectivity index (χ3n) is 4.94. The van der Waals surface area contributed by atoms with Gasteiger partial charge in [0, 0.05) is 29.6 Å². The van der Waals surface area contributed by atoms with E-state index in [4.69, 9.17) is 11.6 Å². The number of imidazole rings is 1. The zero-order valence-corrected chi connectivity index (χ0v) is 15.2. The van der Waals surface area contributed by atoms with Gasteiger partial charge in [0.05, 0.1) is 5.69 Å². The van der Waals surface area contributed by atoms with Crippen LogP contribution in [0.2, 0.25) is 5.15 Å². The van der Waals surface area contributed by atoms with Crippen molar-refractivity contribution in [1.29, 1.82) is 0 Å². The number of thiazole rings is 1. The van der Waals surface area contributed by atoms with Crippen LogP contribution in [0.5, 0.6) is 0 Å². The Kier molecular flexibility index (Phi) is 4.36. The number of hydrogen-bond donors (Lipinski definition) is 1. The molecule has 0 bridgehead atoms. The fourth-order valence-corrected chi connectivity index (χ4v) is 4.36. The standard InChI is InChI=1S/C19H18ClN3OS/c20-17-15(23-11-12-25-18(23)22-17)7-8-16(24)21-13-19(9-4-10-19)14-5-2-1-3-6-14/h1-3,5-8,11-12H,4,9-10,13H2,(H,21,24)/b8-7+. The van der Waals surface area contributed by atoms with E-state index in [1.807, 2.05) is 22.0 Å². The number of nitrogens with one attached hydrogen (secondary N) is 1. The van der Waals surface area contributed by atoms with Crippen molar-refractivity contribution >= 4 is 39.9 Å². The lowest BCUT2D eigenvalue weighted by Crippen LogP contribution is -2.45. The molecule has 6 heteroatoms. The van der Waals surface area contributed by atoms with E-state index in [0.717, 1.165) is 23.5 Å². The summed E-state index contributed by atoms with van der Waals surface area (Å²) >= 11 is 7.66. The van der Waals surface area contributed by atoms with Gasteiger partial charge >= 0.3 is 0 Å². The highest BCUT2D eigenvalue weighted by Gasteiger charge is 2.38. The molecule has 1 aliphatic rings. The molecule has 2 heterocycles. The predicted molar refractivity (Wildman–Crippen MR) is 102 cm³/mol. The van der Waals surface area contributed by atoms with Crippen LogP contribution in [0.15, 0.2) is 48.0 Å². The van der Waals surface area contributed by atoms with Gasteiger partial charge in [-0.15, -0.1) is 11.3 Å². The van der Waals surface area contributed by atoms with Crippen molar-refractivity contribution in [2.24, 2.45) is 0 Å². The van der Waals surface area contributed by atoms with Crippen molar-refractivity contribution in [3.63, 3.8) is 0 Å². The summed E-state index contributed by atoms with van der Waals surface area (Å²) in [6, 6.07) is 10.5. The van der Waals surface area contributed by atoms with E-state index < -0.39 is 0 Å². The monoisotopic (exact) mass is 371 g/mol. The highest BCUT2D eigenvalue weighted by molar-refractivity contribution is 7.15. The van der Waals surface area contributed by atoms with Crippen LogP contribution in [0, 0.1) is 0 Å². The summed E-state index contributed by atoms with van der Waals surface area (Å²) in [6.45, 7) is 0.661. The Morgan fingerprint density at radius 1 is 1.36 bits per heavy atom. The summed E-state index contributed by atoms with van der Waals surface area (Å²) in [4.78, 5) is 17.4. The van der Waals surface area contributed by atoms with Crippen molar-refractivity contribution in [3.05, 3.63) is 64.4 Å². The summed E-state index contributed by atoms with van der Waals surface area (Å²) in [7, 11) is 0. The van der Waals surface area contributed by atoms with Crippen LogP contribution in [0.1, 0.15) is 30.5 Å². The second-order valence-corrected chi connectivity index (χ2v) is 7.63. The molecule has 1 amide bonds. The smallest absolute Gasteiger partial charge is 0.244 e. The van der Waals surface area contributed by atoms with Crippen LogP contribution >= 0.6 is 22.9 Å². The van der Waals surface area contributed by atoms with Gasteiger partial charge < -0.3 is 5.32 Å². The first-order valence-electron chi connectivity index (χ1n) is 8.30. The first kappa shape index (κ1) is 16.4. The van der Waals surface area contributed by atoms with Gasteiger partial charge in [0.1, 0.15) is 0 Å². The quantitative estimate of drug-likeness (QED) is 0.679. The van der Waals surface area contributed by atoms with E-state index in [-0.39, 0.29) is 11.3 Å². The number of hydrogen-bond acceptors (Lipinski definition) is 3. The van der Waals surface area contributed by atoms with E-state index in [0.29, 0.717) is 11.7 Å². The molecule has 1 aliphatic carbocycles. The fraction of sp³-hybridized carbons (Fsp3) is 0.263. The van der Waals surface area contributed by atoms with Crippen LogP contribution in [0.25, 0.3) is 11.0 Å². The van der Waals surface area contributed by atoms with Gasteiger partial charge in [-0.25, -0.2) is 4.98 Å². The first-order chi connectivity index (χ1) is 12.2. The molecule has 2 aromatic heterocycles. The molecular formula is C19H18ClN3OS. The molecule has 1 aromatic carbocycles. The molecule has 0 spiro atoms. The fourth-order valence-electron chi connectivity index (χ4n) is 3.36. The average molecular weight is 372 g/mol. The third kappa shape index (κ3) is 3.10. The third-order valence-corrected chi connectivity index (χ3v) is 5.98. The van der Waals surface area contributed by atoms with Gasteiger partial charge in [0.25, 0.3) is 0 Å². The number of rotatable bonds is 5.